The summed E-state index contributed by atoms with van der Waals surface area (Å²) < 4.78 is 17.1. The van der Waals surface area contributed by atoms with Crippen molar-refractivity contribution in [2.75, 3.05) is 39.5 Å². The van der Waals surface area contributed by atoms with Crippen LogP contribution in [0.2, 0.25) is 0 Å². The van der Waals surface area contributed by atoms with E-state index in [4.69, 9.17) is 14.2 Å². The van der Waals surface area contributed by atoms with Crippen LogP contribution in [0, 0.1) is 0 Å². The Kier molecular flexibility index (Phi) is 8.40. The first-order valence-electron chi connectivity index (χ1n) is 11.8. The van der Waals surface area contributed by atoms with E-state index >= 15 is 0 Å². The first kappa shape index (κ1) is 23.1. The zero-order chi connectivity index (χ0) is 22.2. The molecule has 0 saturated carbocycles. The second-order valence-corrected chi connectivity index (χ2v) is 8.72. The summed E-state index contributed by atoms with van der Waals surface area (Å²) >= 11 is 0. The molecule has 6 heteroatoms. The third-order valence-corrected chi connectivity index (χ3v) is 6.35. The minimum absolute atomic E-state index is 0.111. The van der Waals surface area contributed by atoms with Crippen molar-refractivity contribution in [2.24, 2.45) is 0 Å². The Morgan fingerprint density at radius 3 is 2.53 bits per heavy atom. The Morgan fingerprint density at radius 2 is 1.72 bits per heavy atom. The number of fused-ring (bicyclic) bond motifs is 1. The van der Waals surface area contributed by atoms with Gasteiger partial charge in [-0.2, -0.15) is 0 Å². The maximum Gasteiger partial charge on any atom is 0.161 e. The molecule has 1 fully saturated rings. The average Bonchev–Trinajstić information content (AvgIpc) is 2.84. The second kappa shape index (κ2) is 11.7. The molecule has 0 aromatic heterocycles. The van der Waals surface area contributed by atoms with Crippen LogP contribution in [-0.2, 0) is 11.3 Å². The minimum atomic E-state index is -0.257. The largest absolute Gasteiger partial charge is 0.486 e. The number of hydrogen-bond donors (Lipinski definition) is 2. The predicted molar refractivity (Wildman–Crippen MR) is 124 cm³/mol. The zero-order valence-electron chi connectivity index (χ0n) is 18.7. The number of unbranched alkanes of at least 4 members (excludes halogenated alkanes) is 2. The third kappa shape index (κ3) is 6.23. The molecular formula is C26H35NO5. The molecule has 2 unspecified atom stereocenters. The van der Waals surface area contributed by atoms with Gasteiger partial charge in [0.25, 0.3) is 0 Å². The summed E-state index contributed by atoms with van der Waals surface area (Å²) in [4.78, 5) is 2.32. The van der Waals surface area contributed by atoms with Crippen LogP contribution in [0.5, 0.6) is 11.5 Å². The lowest BCUT2D eigenvalue weighted by Gasteiger charge is -2.36. The molecule has 2 aliphatic rings. The van der Waals surface area contributed by atoms with Gasteiger partial charge in [-0.25, -0.2) is 0 Å². The quantitative estimate of drug-likeness (QED) is 0.549. The van der Waals surface area contributed by atoms with E-state index in [1.165, 1.54) is 5.56 Å². The molecule has 0 spiro atoms. The van der Waals surface area contributed by atoms with Gasteiger partial charge in [0.2, 0.25) is 0 Å². The van der Waals surface area contributed by atoms with Crippen molar-refractivity contribution in [3.63, 3.8) is 0 Å². The predicted octanol–water partition coefficient (Wildman–Crippen LogP) is 3.63. The van der Waals surface area contributed by atoms with Gasteiger partial charge >= 0.3 is 0 Å². The van der Waals surface area contributed by atoms with Gasteiger partial charge in [0.1, 0.15) is 13.2 Å². The van der Waals surface area contributed by atoms with Crippen molar-refractivity contribution < 1.29 is 24.4 Å². The minimum Gasteiger partial charge on any atom is -0.486 e. The number of rotatable bonds is 10. The first-order chi connectivity index (χ1) is 15.7. The maximum absolute atomic E-state index is 9.74. The maximum atomic E-state index is 9.74. The van der Waals surface area contributed by atoms with E-state index < -0.39 is 0 Å². The SMILES string of the molecule is OCC1CC(O)CCN1CCCCCOCc1ccc(-c2ccc3c(c2)OCCO3)cc1. The lowest BCUT2D eigenvalue weighted by molar-refractivity contribution is 0.0160. The third-order valence-electron chi connectivity index (χ3n) is 6.35. The van der Waals surface area contributed by atoms with E-state index in [-0.39, 0.29) is 18.8 Å². The summed E-state index contributed by atoms with van der Waals surface area (Å²) in [7, 11) is 0. The lowest BCUT2D eigenvalue weighted by Crippen LogP contribution is -2.46. The van der Waals surface area contributed by atoms with Gasteiger partial charge in [-0.1, -0.05) is 30.3 Å². The highest BCUT2D eigenvalue weighted by atomic mass is 16.6. The molecule has 0 amide bonds. The van der Waals surface area contributed by atoms with Gasteiger partial charge in [0, 0.05) is 19.2 Å². The molecule has 2 aromatic carbocycles. The number of aliphatic hydroxyl groups is 2. The van der Waals surface area contributed by atoms with E-state index in [2.05, 4.69) is 35.2 Å². The summed E-state index contributed by atoms with van der Waals surface area (Å²) in [6.07, 6.45) is 4.49. The molecule has 0 aliphatic carbocycles. The monoisotopic (exact) mass is 441 g/mol. The van der Waals surface area contributed by atoms with Crippen molar-refractivity contribution in [2.45, 2.75) is 50.9 Å². The summed E-state index contributed by atoms with van der Waals surface area (Å²) in [6, 6.07) is 14.7. The molecular weight excluding hydrogens is 406 g/mol. The summed E-state index contributed by atoms with van der Waals surface area (Å²) in [6.45, 7) is 4.58. The molecule has 4 rings (SSSR count). The molecule has 2 aromatic rings. The number of aliphatic hydroxyl groups excluding tert-OH is 2. The van der Waals surface area contributed by atoms with E-state index in [1.807, 2.05) is 12.1 Å². The molecule has 2 heterocycles. The summed E-state index contributed by atoms with van der Waals surface area (Å²) in [5.41, 5.74) is 3.44. The number of nitrogens with zero attached hydrogens (tertiary/aromatic N) is 1. The van der Waals surface area contributed by atoms with Crippen molar-refractivity contribution in [1.29, 1.82) is 0 Å². The molecule has 174 valence electrons. The van der Waals surface area contributed by atoms with Crippen LogP contribution in [-0.4, -0.2) is 66.8 Å². The van der Waals surface area contributed by atoms with E-state index in [1.54, 1.807) is 0 Å². The number of benzene rings is 2. The highest BCUT2D eigenvalue weighted by Gasteiger charge is 2.26. The fraction of sp³-hybridized carbons (Fsp3) is 0.538. The van der Waals surface area contributed by atoms with Crippen LogP contribution >= 0.6 is 0 Å². The van der Waals surface area contributed by atoms with Gasteiger partial charge in [-0.3, -0.25) is 4.90 Å². The number of likely N-dealkylation sites (tertiary alicyclic amines) is 1. The fourth-order valence-electron chi connectivity index (χ4n) is 4.46. The summed E-state index contributed by atoms with van der Waals surface area (Å²) in [5, 5.41) is 19.2. The molecule has 2 aliphatic heterocycles. The van der Waals surface area contributed by atoms with Crippen molar-refractivity contribution in [3.05, 3.63) is 48.0 Å². The first-order valence-corrected chi connectivity index (χ1v) is 11.8. The second-order valence-electron chi connectivity index (χ2n) is 8.72. The molecule has 6 nitrogen and oxygen atoms in total. The van der Waals surface area contributed by atoms with Gasteiger partial charge in [0.05, 0.1) is 19.3 Å². The van der Waals surface area contributed by atoms with Crippen LogP contribution in [0.1, 0.15) is 37.7 Å². The number of ether oxygens (including phenoxy) is 3. The van der Waals surface area contributed by atoms with Crippen LogP contribution in [0.15, 0.2) is 42.5 Å². The normalized spacial score (nSPS) is 20.9. The van der Waals surface area contributed by atoms with Gasteiger partial charge in [0.15, 0.2) is 11.5 Å². The van der Waals surface area contributed by atoms with E-state index in [0.717, 1.165) is 68.0 Å². The molecule has 1 saturated heterocycles. The topological polar surface area (TPSA) is 71.4 Å². The Balaban J connectivity index is 1.13. The number of hydrogen-bond acceptors (Lipinski definition) is 6. The number of piperidine rings is 1. The Bertz CT molecular complexity index is 841. The molecule has 2 atom stereocenters. The van der Waals surface area contributed by atoms with Gasteiger partial charge < -0.3 is 24.4 Å². The van der Waals surface area contributed by atoms with Crippen molar-refractivity contribution in [1.82, 2.24) is 4.90 Å². The van der Waals surface area contributed by atoms with E-state index in [0.29, 0.717) is 26.2 Å². The highest BCUT2D eigenvalue weighted by Crippen LogP contribution is 2.34. The van der Waals surface area contributed by atoms with Crippen LogP contribution < -0.4 is 9.47 Å². The highest BCUT2D eigenvalue weighted by molar-refractivity contribution is 5.67. The Hall–Kier alpha value is -2.12. The molecule has 2 N–H and O–H groups in total. The fourth-order valence-corrected chi connectivity index (χ4v) is 4.46. The smallest absolute Gasteiger partial charge is 0.161 e. The van der Waals surface area contributed by atoms with Crippen molar-refractivity contribution in [3.8, 4) is 22.6 Å². The lowest BCUT2D eigenvalue weighted by atomic mass is 9.99. The van der Waals surface area contributed by atoms with Crippen LogP contribution in [0.25, 0.3) is 11.1 Å². The Morgan fingerprint density at radius 1 is 0.938 bits per heavy atom. The summed E-state index contributed by atoms with van der Waals surface area (Å²) in [5.74, 6) is 1.62. The van der Waals surface area contributed by atoms with Crippen molar-refractivity contribution >= 4 is 0 Å². The standard InChI is InChI=1S/C26H35NO5/c28-18-23-17-24(29)10-12-27(23)11-2-1-3-13-30-19-20-4-6-21(7-5-20)22-8-9-25-26(16-22)32-15-14-31-25/h4-9,16,23-24,28-29H,1-3,10-15,17-19H2. The molecule has 32 heavy (non-hydrogen) atoms. The molecule has 0 radical (unpaired) electrons. The average molecular weight is 442 g/mol. The molecule has 0 bridgehead atoms. The Labute approximate surface area is 190 Å². The zero-order valence-corrected chi connectivity index (χ0v) is 18.7. The van der Waals surface area contributed by atoms with Gasteiger partial charge in [-0.15, -0.1) is 0 Å². The van der Waals surface area contributed by atoms with Crippen LogP contribution in [0.4, 0.5) is 0 Å². The van der Waals surface area contributed by atoms with E-state index in [9.17, 15) is 10.2 Å². The van der Waals surface area contributed by atoms with Gasteiger partial charge in [-0.05, 0) is 67.5 Å². The van der Waals surface area contributed by atoms with Crippen LogP contribution in [0.3, 0.4) is 0 Å².